The maximum atomic E-state index is 14.1. The first-order chi connectivity index (χ1) is 16.7. The van der Waals surface area contributed by atoms with Crippen molar-refractivity contribution < 1.29 is 4.39 Å². The van der Waals surface area contributed by atoms with Crippen molar-refractivity contribution in [3.05, 3.63) is 60.9 Å². The smallest absolute Gasteiger partial charge is 0.159 e. The van der Waals surface area contributed by atoms with Crippen LogP contribution in [0, 0.1) is 5.82 Å². The number of halogens is 1. The third-order valence-corrected chi connectivity index (χ3v) is 7.62. The maximum Gasteiger partial charge on any atom is 0.159 e. The molecule has 0 unspecified atom stereocenters. The minimum atomic E-state index is -0.127. The number of fused-ring (bicyclic) bond motifs is 1. The van der Waals surface area contributed by atoms with E-state index in [0.717, 1.165) is 66.9 Å². The molecule has 0 radical (unpaired) electrons. The molecule has 0 amide bonds. The van der Waals surface area contributed by atoms with Crippen LogP contribution in [0.3, 0.4) is 0 Å². The highest BCUT2D eigenvalue weighted by atomic mass is 19.1. The number of nitrogens with zero attached hydrogens (tertiary/aromatic N) is 7. The Morgan fingerprint density at radius 1 is 0.941 bits per heavy atom. The maximum absolute atomic E-state index is 14.1. The van der Waals surface area contributed by atoms with Gasteiger partial charge in [-0.25, -0.2) is 4.39 Å². The van der Waals surface area contributed by atoms with Crippen LogP contribution < -0.4 is 4.90 Å². The highest BCUT2D eigenvalue weighted by Crippen LogP contribution is 2.35. The Hall–Kier alpha value is -3.26. The van der Waals surface area contributed by atoms with Gasteiger partial charge in [-0.2, -0.15) is 10.2 Å². The van der Waals surface area contributed by atoms with Crippen molar-refractivity contribution in [1.82, 2.24) is 29.4 Å². The van der Waals surface area contributed by atoms with Gasteiger partial charge < -0.3 is 9.47 Å². The first kappa shape index (κ1) is 21.3. The van der Waals surface area contributed by atoms with Gasteiger partial charge in [-0.1, -0.05) is 6.07 Å². The Labute approximate surface area is 198 Å². The Bertz CT molecular complexity index is 1280. The lowest BCUT2D eigenvalue weighted by Crippen LogP contribution is -2.51. The third-order valence-electron chi connectivity index (χ3n) is 7.62. The Balaban J connectivity index is 1.09. The molecule has 2 fully saturated rings. The minimum Gasteiger partial charge on any atom is -0.352 e. The van der Waals surface area contributed by atoms with Gasteiger partial charge in [0, 0.05) is 74.2 Å². The number of aromatic nitrogens is 5. The number of hydrogen-bond donors (Lipinski definition) is 0. The molecule has 1 saturated carbocycles. The molecular weight excluding hydrogens is 429 g/mol. The molecule has 4 heterocycles. The topological polar surface area (TPSA) is 55.0 Å². The molecule has 4 aromatic rings. The van der Waals surface area contributed by atoms with Gasteiger partial charge in [0.2, 0.25) is 0 Å². The fourth-order valence-electron chi connectivity index (χ4n) is 5.81. The van der Waals surface area contributed by atoms with Gasteiger partial charge in [-0.05, 0) is 49.9 Å². The number of rotatable bonds is 4. The number of anilines is 1. The molecule has 3 aromatic heterocycles. The summed E-state index contributed by atoms with van der Waals surface area (Å²) < 4.78 is 18.2. The van der Waals surface area contributed by atoms with Crippen molar-refractivity contribution in [2.45, 2.75) is 37.8 Å². The van der Waals surface area contributed by atoms with Crippen molar-refractivity contribution in [3.63, 3.8) is 0 Å². The summed E-state index contributed by atoms with van der Waals surface area (Å²) in [5.41, 5.74) is 3.18. The molecule has 1 saturated heterocycles. The molecule has 0 bridgehead atoms. The lowest BCUT2D eigenvalue weighted by atomic mass is 9.89. The minimum absolute atomic E-state index is 0.127. The molecule has 2 aliphatic rings. The second kappa shape index (κ2) is 8.83. The molecule has 0 N–H and O–H groups in total. The van der Waals surface area contributed by atoms with E-state index >= 15 is 0 Å². The van der Waals surface area contributed by atoms with E-state index in [2.05, 4.69) is 35.9 Å². The van der Waals surface area contributed by atoms with Crippen molar-refractivity contribution in [3.8, 4) is 11.1 Å². The lowest BCUT2D eigenvalue weighted by molar-refractivity contribution is 0.131. The molecule has 1 aliphatic carbocycles. The zero-order valence-corrected chi connectivity index (χ0v) is 19.5. The summed E-state index contributed by atoms with van der Waals surface area (Å²) in [6, 6.07) is 10.4. The van der Waals surface area contributed by atoms with Crippen LogP contribution in [0.5, 0.6) is 0 Å². The monoisotopic (exact) mass is 459 g/mol. The summed E-state index contributed by atoms with van der Waals surface area (Å²) in [5.74, 6) is 0.822. The summed E-state index contributed by atoms with van der Waals surface area (Å²) >= 11 is 0. The first-order valence-electron chi connectivity index (χ1n) is 12.2. The molecule has 0 atom stereocenters. The number of piperazine rings is 1. The van der Waals surface area contributed by atoms with Gasteiger partial charge in [0.1, 0.15) is 5.82 Å². The van der Waals surface area contributed by atoms with Gasteiger partial charge >= 0.3 is 0 Å². The van der Waals surface area contributed by atoms with Crippen LogP contribution in [0.15, 0.2) is 55.1 Å². The molecule has 7 nitrogen and oxygen atoms in total. The van der Waals surface area contributed by atoms with E-state index in [1.54, 1.807) is 12.3 Å². The van der Waals surface area contributed by atoms with E-state index in [4.69, 9.17) is 0 Å². The second-order valence-electron chi connectivity index (χ2n) is 9.55. The Morgan fingerprint density at radius 2 is 1.74 bits per heavy atom. The zero-order valence-electron chi connectivity index (χ0n) is 19.5. The van der Waals surface area contributed by atoms with Gasteiger partial charge in [-0.3, -0.25) is 9.58 Å². The third kappa shape index (κ3) is 3.86. The molecule has 8 heteroatoms. The highest BCUT2D eigenvalue weighted by molar-refractivity contribution is 5.80. The van der Waals surface area contributed by atoms with Crippen LogP contribution in [0.1, 0.15) is 31.7 Å². The largest absolute Gasteiger partial charge is 0.352 e. The van der Waals surface area contributed by atoms with Crippen LogP contribution in [0.4, 0.5) is 10.2 Å². The second-order valence-corrected chi connectivity index (χ2v) is 9.55. The van der Waals surface area contributed by atoms with Gasteiger partial charge in [0.25, 0.3) is 0 Å². The number of aryl methyl sites for hydroxylation is 1. The predicted octanol–water partition coefficient (Wildman–Crippen LogP) is 4.28. The normalized spacial score (nSPS) is 21.9. The van der Waals surface area contributed by atoms with E-state index in [1.165, 1.54) is 12.8 Å². The predicted molar refractivity (Wildman–Crippen MR) is 131 cm³/mol. The molecule has 176 valence electrons. The van der Waals surface area contributed by atoms with Crippen LogP contribution in [-0.4, -0.2) is 61.7 Å². The lowest BCUT2D eigenvalue weighted by Gasteiger charge is -2.42. The quantitative estimate of drug-likeness (QED) is 0.456. The average molecular weight is 460 g/mol. The van der Waals surface area contributed by atoms with E-state index in [0.29, 0.717) is 12.1 Å². The fourth-order valence-corrected chi connectivity index (χ4v) is 5.81. The summed E-state index contributed by atoms with van der Waals surface area (Å²) in [5, 5.41) is 13.7. The zero-order chi connectivity index (χ0) is 23.1. The first-order valence-corrected chi connectivity index (χ1v) is 12.2. The van der Waals surface area contributed by atoms with Crippen molar-refractivity contribution in [2.75, 3.05) is 31.1 Å². The van der Waals surface area contributed by atoms with Gasteiger partial charge in [-0.15, -0.1) is 5.10 Å². The van der Waals surface area contributed by atoms with E-state index < -0.39 is 0 Å². The summed E-state index contributed by atoms with van der Waals surface area (Å²) in [7, 11) is 1.93. The fraction of sp³-hybridized carbons (Fsp3) is 0.423. The Morgan fingerprint density at radius 3 is 2.50 bits per heavy atom. The van der Waals surface area contributed by atoms with Gasteiger partial charge in [0.15, 0.2) is 5.82 Å². The molecular formula is C26H30FN7. The average Bonchev–Trinajstić information content (AvgIpc) is 3.52. The van der Waals surface area contributed by atoms with Crippen molar-refractivity contribution >= 4 is 16.7 Å². The number of hydrogen-bond acceptors (Lipinski definition) is 5. The van der Waals surface area contributed by atoms with E-state index in [-0.39, 0.29) is 5.82 Å². The standard InChI is InChI=1S/C26H30FN7/c1-31-18-19(17-29-31)22-9-11-28-30-26(22)33-15-13-32(14-16-33)20-5-7-21(8-6-20)34-12-10-23-24(27)3-2-4-25(23)34/h2-4,9-12,17-18,20-21H,5-8,13-16H2,1H3. The van der Waals surface area contributed by atoms with Crippen LogP contribution in [-0.2, 0) is 7.05 Å². The Kier molecular flexibility index (Phi) is 5.53. The SMILES string of the molecule is Cn1cc(-c2ccnnc2N2CCN(C3CCC(n4ccc5c(F)cccc54)CC3)CC2)cn1. The van der Waals surface area contributed by atoms with Gasteiger partial charge in [0.05, 0.1) is 17.9 Å². The van der Waals surface area contributed by atoms with Crippen LogP contribution in [0.25, 0.3) is 22.0 Å². The van der Waals surface area contributed by atoms with Crippen LogP contribution >= 0.6 is 0 Å². The summed E-state index contributed by atoms with van der Waals surface area (Å²) in [6.45, 7) is 3.98. The molecule has 6 rings (SSSR count). The van der Waals surface area contributed by atoms with Crippen LogP contribution in [0.2, 0.25) is 0 Å². The number of benzene rings is 1. The molecule has 1 aromatic carbocycles. The summed E-state index contributed by atoms with van der Waals surface area (Å²) in [4.78, 5) is 5.01. The summed E-state index contributed by atoms with van der Waals surface area (Å²) in [6.07, 6.45) is 12.4. The molecule has 0 spiro atoms. The van der Waals surface area contributed by atoms with Crippen molar-refractivity contribution in [1.29, 1.82) is 0 Å². The van der Waals surface area contributed by atoms with Crippen molar-refractivity contribution in [2.24, 2.45) is 7.05 Å². The van der Waals surface area contributed by atoms with E-state index in [1.807, 2.05) is 48.4 Å². The highest BCUT2D eigenvalue weighted by Gasteiger charge is 2.30. The molecule has 1 aliphatic heterocycles. The van der Waals surface area contributed by atoms with E-state index in [9.17, 15) is 4.39 Å². The molecule has 34 heavy (non-hydrogen) atoms.